The summed E-state index contributed by atoms with van der Waals surface area (Å²) in [5.74, 6) is 1.23. The normalized spacial score (nSPS) is 17.2. The van der Waals surface area contributed by atoms with Gasteiger partial charge in [-0.3, -0.25) is 4.79 Å². The van der Waals surface area contributed by atoms with Crippen molar-refractivity contribution in [2.45, 2.75) is 25.8 Å². The van der Waals surface area contributed by atoms with Crippen LogP contribution < -0.4 is 10.5 Å². The van der Waals surface area contributed by atoms with Crippen LogP contribution in [0.3, 0.4) is 0 Å². The van der Waals surface area contributed by atoms with Gasteiger partial charge in [0.15, 0.2) is 0 Å². The first kappa shape index (κ1) is 16.8. The van der Waals surface area contributed by atoms with Crippen LogP contribution in [0.15, 0.2) is 24.3 Å². The number of methoxy groups -OCH3 is 1. The maximum absolute atomic E-state index is 12.5. The molecule has 2 rings (SSSR count). The summed E-state index contributed by atoms with van der Waals surface area (Å²) in [6.45, 7) is 3.61. The number of likely N-dealkylation sites (tertiary alicyclic amines) is 1. The van der Waals surface area contributed by atoms with Gasteiger partial charge in [0.05, 0.1) is 12.7 Å². The van der Waals surface area contributed by atoms with E-state index in [-0.39, 0.29) is 24.4 Å². The molecule has 1 saturated heterocycles. The highest BCUT2D eigenvalue weighted by Gasteiger charge is 2.26. The van der Waals surface area contributed by atoms with Gasteiger partial charge in [0.2, 0.25) is 0 Å². The Morgan fingerprint density at radius 1 is 1.35 bits per heavy atom. The van der Waals surface area contributed by atoms with Crippen LogP contribution in [-0.4, -0.2) is 37.0 Å². The van der Waals surface area contributed by atoms with E-state index in [1.54, 1.807) is 7.11 Å². The van der Waals surface area contributed by atoms with Crippen LogP contribution in [-0.2, 0) is 0 Å². The molecule has 1 heterocycles. The molecule has 0 aromatic heterocycles. The zero-order chi connectivity index (χ0) is 13.8. The SMILES string of the molecule is COc1ccccc1C(=O)N1CCC(C(C)N)CC1.Cl. The highest BCUT2D eigenvalue weighted by atomic mass is 35.5. The molecule has 4 nitrogen and oxygen atoms in total. The lowest BCUT2D eigenvalue weighted by molar-refractivity contribution is 0.0677. The Balaban J connectivity index is 0.00000200. The lowest BCUT2D eigenvalue weighted by Gasteiger charge is -2.34. The molecule has 0 spiro atoms. The van der Waals surface area contributed by atoms with Crippen LogP contribution >= 0.6 is 12.4 Å². The summed E-state index contributed by atoms with van der Waals surface area (Å²) in [7, 11) is 1.59. The Hall–Kier alpha value is -1.26. The number of hydrogen-bond acceptors (Lipinski definition) is 3. The van der Waals surface area contributed by atoms with E-state index >= 15 is 0 Å². The van der Waals surface area contributed by atoms with E-state index < -0.39 is 0 Å². The number of hydrogen-bond donors (Lipinski definition) is 1. The van der Waals surface area contributed by atoms with E-state index in [0.717, 1.165) is 25.9 Å². The number of carbonyl (C=O) groups excluding carboxylic acids is 1. The number of nitrogens with zero attached hydrogens (tertiary/aromatic N) is 1. The Labute approximate surface area is 126 Å². The highest BCUT2D eigenvalue weighted by molar-refractivity contribution is 5.97. The van der Waals surface area contributed by atoms with Crippen molar-refractivity contribution >= 4 is 18.3 Å². The van der Waals surface area contributed by atoms with Crippen molar-refractivity contribution in [1.29, 1.82) is 0 Å². The van der Waals surface area contributed by atoms with Gasteiger partial charge >= 0.3 is 0 Å². The Morgan fingerprint density at radius 3 is 2.50 bits per heavy atom. The number of nitrogens with two attached hydrogens (primary N) is 1. The van der Waals surface area contributed by atoms with Crippen molar-refractivity contribution in [1.82, 2.24) is 4.90 Å². The van der Waals surface area contributed by atoms with Gasteiger partial charge in [-0.15, -0.1) is 12.4 Å². The Morgan fingerprint density at radius 2 is 1.95 bits per heavy atom. The molecule has 112 valence electrons. The van der Waals surface area contributed by atoms with E-state index in [1.807, 2.05) is 36.1 Å². The second-order valence-electron chi connectivity index (χ2n) is 5.19. The first-order chi connectivity index (χ1) is 9.13. The van der Waals surface area contributed by atoms with E-state index in [9.17, 15) is 4.79 Å². The fraction of sp³-hybridized carbons (Fsp3) is 0.533. The van der Waals surface area contributed by atoms with Crippen LogP contribution in [0.2, 0.25) is 0 Å². The molecule has 0 radical (unpaired) electrons. The maximum atomic E-state index is 12.5. The predicted octanol–water partition coefficient (Wildman–Crippen LogP) is 2.32. The minimum Gasteiger partial charge on any atom is -0.496 e. The summed E-state index contributed by atoms with van der Waals surface area (Å²) in [4.78, 5) is 14.4. The van der Waals surface area contributed by atoms with Crippen molar-refractivity contribution < 1.29 is 9.53 Å². The molecule has 0 saturated carbocycles. The summed E-state index contributed by atoms with van der Waals surface area (Å²) < 4.78 is 5.25. The van der Waals surface area contributed by atoms with Gasteiger partial charge in [-0.2, -0.15) is 0 Å². The summed E-state index contributed by atoms with van der Waals surface area (Å²) in [6.07, 6.45) is 1.97. The molecule has 1 unspecified atom stereocenters. The third-order valence-corrected chi connectivity index (χ3v) is 3.91. The zero-order valence-corrected chi connectivity index (χ0v) is 12.9. The summed E-state index contributed by atoms with van der Waals surface area (Å²) in [6, 6.07) is 7.59. The molecule has 2 N–H and O–H groups in total. The summed E-state index contributed by atoms with van der Waals surface area (Å²) >= 11 is 0. The molecular formula is C15H23ClN2O2. The van der Waals surface area contributed by atoms with E-state index in [4.69, 9.17) is 10.5 Å². The van der Waals surface area contributed by atoms with Gasteiger partial charge in [-0.25, -0.2) is 0 Å². The van der Waals surface area contributed by atoms with Crippen molar-refractivity contribution in [2.75, 3.05) is 20.2 Å². The van der Waals surface area contributed by atoms with Gasteiger partial charge in [0.1, 0.15) is 5.75 Å². The zero-order valence-electron chi connectivity index (χ0n) is 12.0. The van der Waals surface area contributed by atoms with Crippen LogP contribution in [0.1, 0.15) is 30.1 Å². The van der Waals surface area contributed by atoms with Crippen molar-refractivity contribution in [3.05, 3.63) is 29.8 Å². The first-order valence-corrected chi connectivity index (χ1v) is 6.81. The third kappa shape index (κ3) is 3.64. The molecule has 0 aliphatic carbocycles. The predicted molar refractivity (Wildman–Crippen MR) is 82.5 cm³/mol. The number of amides is 1. The molecular weight excluding hydrogens is 276 g/mol. The minimum atomic E-state index is 0. The average molecular weight is 299 g/mol. The second kappa shape index (κ2) is 7.50. The monoisotopic (exact) mass is 298 g/mol. The van der Waals surface area contributed by atoms with Gasteiger partial charge in [0, 0.05) is 19.1 Å². The van der Waals surface area contributed by atoms with Gasteiger partial charge in [-0.05, 0) is 37.8 Å². The van der Waals surface area contributed by atoms with Gasteiger partial charge < -0.3 is 15.4 Å². The number of benzene rings is 1. The highest BCUT2D eigenvalue weighted by Crippen LogP contribution is 2.24. The molecule has 1 aromatic rings. The fourth-order valence-corrected chi connectivity index (χ4v) is 2.62. The molecule has 5 heteroatoms. The van der Waals surface area contributed by atoms with Crippen molar-refractivity contribution in [3.8, 4) is 5.75 Å². The molecule has 1 aromatic carbocycles. The van der Waals surface area contributed by atoms with Crippen molar-refractivity contribution in [3.63, 3.8) is 0 Å². The lowest BCUT2D eigenvalue weighted by atomic mass is 9.90. The molecule has 1 aliphatic heterocycles. The summed E-state index contributed by atoms with van der Waals surface area (Å²) in [5.41, 5.74) is 6.56. The Bertz CT molecular complexity index is 443. The number of rotatable bonds is 3. The standard InChI is InChI=1S/C15H22N2O2.ClH/c1-11(16)12-7-9-17(10-8-12)15(18)13-5-3-4-6-14(13)19-2;/h3-6,11-12H,7-10,16H2,1-2H3;1H. The maximum Gasteiger partial charge on any atom is 0.257 e. The molecule has 1 fully saturated rings. The number of para-hydroxylation sites is 1. The minimum absolute atomic E-state index is 0. The molecule has 20 heavy (non-hydrogen) atoms. The van der Waals surface area contributed by atoms with Crippen LogP contribution in [0.4, 0.5) is 0 Å². The Kier molecular flexibility index (Phi) is 6.30. The average Bonchev–Trinajstić information content (AvgIpc) is 2.46. The van der Waals surface area contributed by atoms with Crippen LogP contribution in [0.5, 0.6) is 5.75 Å². The molecule has 0 bridgehead atoms. The lowest BCUT2D eigenvalue weighted by Crippen LogP contribution is -2.42. The topological polar surface area (TPSA) is 55.6 Å². The number of ether oxygens (including phenoxy) is 1. The molecule has 1 atom stereocenters. The second-order valence-corrected chi connectivity index (χ2v) is 5.19. The summed E-state index contributed by atoms with van der Waals surface area (Å²) in [5, 5.41) is 0. The fourth-order valence-electron chi connectivity index (χ4n) is 2.62. The molecule has 1 aliphatic rings. The van der Waals surface area contributed by atoms with E-state index in [0.29, 0.717) is 17.2 Å². The third-order valence-electron chi connectivity index (χ3n) is 3.91. The van der Waals surface area contributed by atoms with Gasteiger partial charge in [-0.1, -0.05) is 12.1 Å². The van der Waals surface area contributed by atoms with Crippen molar-refractivity contribution in [2.24, 2.45) is 11.7 Å². The van der Waals surface area contributed by atoms with Gasteiger partial charge in [0.25, 0.3) is 5.91 Å². The quantitative estimate of drug-likeness (QED) is 0.932. The van der Waals surface area contributed by atoms with E-state index in [1.165, 1.54) is 0 Å². The first-order valence-electron chi connectivity index (χ1n) is 6.81. The van der Waals surface area contributed by atoms with E-state index in [2.05, 4.69) is 0 Å². The molecule has 1 amide bonds. The number of piperidine rings is 1. The van der Waals surface area contributed by atoms with Crippen LogP contribution in [0, 0.1) is 5.92 Å². The number of halogens is 1. The van der Waals surface area contributed by atoms with Crippen LogP contribution in [0.25, 0.3) is 0 Å². The largest absolute Gasteiger partial charge is 0.496 e. The smallest absolute Gasteiger partial charge is 0.257 e. The number of carbonyl (C=O) groups is 1.